The van der Waals surface area contributed by atoms with Crippen LogP contribution in [0.15, 0.2) is 83.0 Å². The first-order valence-electron chi connectivity index (χ1n) is 11.3. The van der Waals surface area contributed by atoms with E-state index in [1.165, 1.54) is 36.5 Å². The lowest BCUT2D eigenvalue weighted by atomic mass is 9.72. The molecule has 0 atom stereocenters. The van der Waals surface area contributed by atoms with Gasteiger partial charge in [0, 0.05) is 11.6 Å². The molecular weight excluding hydrogens is 396 g/mol. The third-order valence-electron chi connectivity index (χ3n) is 5.84. The maximum absolute atomic E-state index is 12.1. The monoisotopic (exact) mass is 432 g/mol. The minimum absolute atomic E-state index is 0.211. The molecule has 32 heavy (non-hydrogen) atoms. The van der Waals surface area contributed by atoms with Gasteiger partial charge in [0.25, 0.3) is 0 Å². The van der Waals surface area contributed by atoms with Crippen LogP contribution in [0.2, 0.25) is 0 Å². The van der Waals surface area contributed by atoms with Crippen LogP contribution in [-0.4, -0.2) is 18.4 Å². The molecule has 2 rings (SSSR count). The average Bonchev–Trinajstić information content (AvgIpc) is 2.71. The van der Waals surface area contributed by atoms with Crippen LogP contribution in [0.5, 0.6) is 0 Å². The first-order valence-corrected chi connectivity index (χ1v) is 11.3. The molecule has 0 radical (unpaired) electrons. The lowest BCUT2D eigenvalue weighted by molar-refractivity contribution is -0.136. The van der Waals surface area contributed by atoms with Gasteiger partial charge >= 0.3 is 5.97 Å². The summed E-state index contributed by atoms with van der Waals surface area (Å²) in [5.74, 6) is -0.730. The van der Waals surface area contributed by atoms with Crippen molar-refractivity contribution in [2.45, 2.75) is 60.8 Å². The van der Waals surface area contributed by atoms with Crippen LogP contribution in [0, 0.1) is 12.3 Å². The minimum Gasteiger partial charge on any atom is -0.454 e. The summed E-state index contributed by atoms with van der Waals surface area (Å²) >= 11 is 0. The zero-order chi connectivity index (χ0) is 23.7. The highest BCUT2D eigenvalue weighted by atomic mass is 16.5. The molecule has 3 nitrogen and oxygen atoms in total. The maximum Gasteiger partial charge on any atom is 0.331 e. The number of Topliss-reactive ketones (excluding diaryl/α,β-unsaturated/α-hetero) is 1. The summed E-state index contributed by atoms with van der Waals surface area (Å²) in [6.07, 6.45) is 15.3. The van der Waals surface area contributed by atoms with Gasteiger partial charge in [-0.15, -0.1) is 0 Å². The van der Waals surface area contributed by atoms with E-state index >= 15 is 0 Å². The quantitative estimate of drug-likeness (QED) is 0.188. The van der Waals surface area contributed by atoms with Gasteiger partial charge in [-0.3, -0.25) is 4.79 Å². The van der Waals surface area contributed by atoms with Crippen molar-refractivity contribution in [1.82, 2.24) is 0 Å². The molecule has 0 N–H and O–H groups in total. The van der Waals surface area contributed by atoms with Crippen molar-refractivity contribution < 1.29 is 14.3 Å². The van der Waals surface area contributed by atoms with Gasteiger partial charge in [-0.05, 0) is 63.5 Å². The molecule has 1 aliphatic carbocycles. The van der Waals surface area contributed by atoms with Crippen LogP contribution < -0.4 is 0 Å². The molecule has 0 aliphatic heterocycles. The molecule has 0 amide bonds. The molecular formula is C29H36O3. The number of carbonyl (C=O) groups is 2. The van der Waals surface area contributed by atoms with Gasteiger partial charge in [0.05, 0.1) is 0 Å². The Bertz CT molecular complexity index is 980. The van der Waals surface area contributed by atoms with Crippen molar-refractivity contribution in [3.05, 3.63) is 94.1 Å². The molecule has 170 valence electrons. The van der Waals surface area contributed by atoms with Gasteiger partial charge in [-0.2, -0.15) is 0 Å². The molecule has 0 fully saturated rings. The number of hydrogen-bond donors (Lipinski definition) is 0. The molecule has 0 bridgehead atoms. The van der Waals surface area contributed by atoms with Crippen LogP contribution in [0.3, 0.4) is 0 Å². The Hall–Kier alpha value is -2.94. The summed E-state index contributed by atoms with van der Waals surface area (Å²) < 4.78 is 5.09. The summed E-state index contributed by atoms with van der Waals surface area (Å²) in [5, 5.41) is 0. The second-order valence-electron chi connectivity index (χ2n) is 9.32. The summed E-state index contributed by atoms with van der Waals surface area (Å²) in [6, 6.07) is 7.21. The molecule has 1 aromatic rings. The van der Waals surface area contributed by atoms with Gasteiger partial charge in [-0.25, -0.2) is 4.79 Å². The molecule has 0 aromatic heterocycles. The van der Waals surface area contributed by atoms with Crippen molar-refractivity contribution in [2.75, 3.05) is 6.61 Å². The molecule has 0 saturated heterocycles. The first kappa shape index (κ1) is 25.3. The number of carbonyl (C=O) groups excluding carboxylic acids is 2. The van der Waals surface area contributed by atoms with Gasteiger partial charge in [-0.1, -0.05) is 85.2 Å². The number of esters is 1. The van der Waals surface area contributed by atoms with Gasteiger partial charge < -0.3 is 4.74 Å². The fourth-order valence-electron chi connectivity index (χ4n) is 3.87. The Balaban J connectivity index is 1.88. The fraction of sp³-hybridized carbons (Fsp3) is 0.379. The standard InChI is InChI=1S/C29H36O3/c1-21(14-17-26-24(4)11-8-18-29(26,5)6)9-7-10-23(3)19-28(31)32-20-27(30)25-15-12-22(2)13-16-25/h7,9-10,12-17,19H,8,11,18,20H2,1-6H3/b10-7+,17-14+,21-9+,23-19+. The number of allylic oxidation sites excluding steroid dienone is 9. The Morgan fingerprint density at radius 3 is 2.38 bits per heavy atom. The van der Waals surface area contributed by atoms with Crippen LogP contribution in [0.4, 0.5) is 0 Å². The van der Waals surface area contributed by atoms with Gasteiger partial charge in [0.1, 0.15) is 0 Å². The molecule has 1 aliphatic rings. The highest BCUT2D eigenvalue weighted by Gasteiger charge is 2.26. The topological polar surface area (TPSA) is 43.4 Å². The number of benzene rings is 1. The lowest BCUT2D eigenvalue weighted by Crippen LogP contribution is -2.19. The molecule has 1 aromatic carbocycles. The maximum atomic E-state index is 12.1. The van der Waals surface area contributed by atoms with Crippen molar-refractivity contribution in [3.63, 3.8) is 0 Å². The largest absolute Gasteiger partial charge is 0.454 e. The highest BCUT2D eigenvalue weighted by Crippen LogP contribution is 2.40. The molecule has 0 saturated carbocycles. The molecule has 0 spiro atoms. The summed E-state index contributed by atoms with van der Waals surface area (Å²) in [6.45, 7) is 12.5. The van der Waals surface area contributed by atoms with E-state index in [0.717, 1.165) is 16.7 Å². The average molecular weight is 433 g/mol. The summed E-state index contributed by atoms with van der Waals surface area (Å²) in [4.78, 5) is 24.1. The summed E-state index contributed by atoms with van der Waals surface area (Å²) in [5.41, 5.74) is 6.68. The van der Waals surface area contributed by atoms with E-state index in [0.29, 0.717) is 5.56 Å². The SMILES string of the molecule is CC1=C(/C=C/C(C)=C/C=C/C(C)=C/C(=O)OCC(=O)c2ccc(C)cc2)C(C)(C)CCC1. The minimum atomic E-state index is -0.518. The molecule has 0 unspecified atom stereocenters. The van der Waals surface area contributed by atoms with E-state index in [1.54, 1.807) is 12.1 Å². The number of ketones is 1. The first-order chi connectivity index (χ1) is 15.1. The second-order valence-corrected chi connectivity index (χ2v) is 9.32. The van der Waals surface area contributed by atoms with Crippen molar-refractivity contribution in [1.29, 1.82) is 0 Å². The predicted octanol–water partition coefficient (Wildman–Crippen LogP) is 7.25. The van der Waals surface area contributed by atoms with Crippen molar-refractivity contribution in [3.8, 4) is 0 Å². The van der Waals surface area contributed by atoms with E-state index in [4.69, 9.17) is 4.74 Å². The van der Waals surface area contributed by atoms with E-state index in [1.807, 2.05) is 44.2 Å². The van der Waals surface area contributed by atoms with E-state index in [-0.39, 0.29) is 17.8 Å². The Labute approximate surface area is 193 Å². The van der Waals surface area contributed by atoms with Gasteiger partial charge in [0.2, 0.25) is 0 Å². The Morgan fingerprint density at radius 1 is 1.03 bits per heavy atom. The van der Waals surface area contributed by atoms with E-state index in [9.17, 15) is 9.59 Å². The van der Waals surface area contributed by atoms with Crippen molar-refractivity contribution >= 4 is 11.8 Å². The van der Waals surface area contributed by atoms with Crippen LogP contribution >= 0.6 is 0 Å². The Morgan fingerprint density at radius 2 is 1.72 bits per heavy atom. The van der Waals surface area contributed by atoms with E-state index < -0.39 is 5.97 Å². The number of aryl methyl sites for hydroxylation is 1. The number of ether oxygens (including phenoxy) is 1. The van der Waals surface area contributed by atoms with Crippen LogP contribution in [-0.2, 0) is 9.53 Å². The highest BCUT2D eigenvalue weighted by molar-refractivity contribution is 5.98. The predicted molar refractivity (Wildman–Crippen MR) is 133 cm³/mol. The number of hydrogen-bond acceptors (Lipinski definition) is 3. The van der Waals surface area contributed by atoms with Crippen molar-refractivity contribution in [2.24, 2.45) is 5.41 Å². The zero-order valence-electron chi connectivity index (χ0n) is 20.3. The third kappa shape index (κ3) is 7.96. The van der Waals surface area contributed by atoms with E-state index in [2.05, 4.69) is 39.8 Å². The third-order valence-corrected chi connectivity index (χ3v) is 5.84. The summed E-state index contributed by atoms with van der Waals surface area (Å²) in [7, 11) is 0. The molecule has 0 heterocycles. The lowest BCUT2D eigenvalue weighted by Gasteiger charge is -2.32. The zero-order valence-corrected chi connectivity index (χ0v) is 20.3. The fourth-order valence-corrected chi connectivity index (χ4v) is 3.87. The number of rotatable bonds is 8. The second kappa shape index (κ2) is 11.6. The Kier molecular flexibility index (Phi) is 9.19. The molecule has 3 heteroatoms. The normalized spacial score (nSPS) is 17.3. The smallest absolute Gasteiger partial charge is 0.331 e. The van der Waals surface area contributed by atoms with Gasteiger partial charge in [0.15, 0.2) is 12.4 Å². The van der Waals surface area contributed by atoms with Crippen LogP contribution in [0.1, 0.15) is 69.8 Å². The van der Waals surface area contributed by atoms with Crippen LogP contribution in [0.25, 0.3) is 0 Å².